The molecule has 6 nitrogen and oxygen atoms in total. The van der Waals surface area contributed by atoms with E-state index in [9.17, 15) is 4.39 Å². The molecule has 0 atom stereocenters. The number of hydrogen-bond acceptors (Lipinski definition) is 6. The third kappa shape index (κ3) is 3.27. The monoisotopic (exact) mass is 374 g/mol. The number of halogens is 2. The predicted molar refractivity (Wildman–Crippen MR) is 93.4 cm³/mol. The molecule has 3 aromatic rings. The van der Waals surface area contributed by atoms with Gasteiger partial charge in [-0.2, -0.15) is 4.98 Å². The van der Waals surface area contributed by atoms with Gasteiger partial charge >= 0.3 is 0 Å². The number of ether oxygens (including phenoxy) is 1. The Hall–Kier alpha value is -2.51. The first-order chi connectivity index (χ1) is 12.6. The number of hydrogen-bond donors (Lipinski definition) is 1. The van der Waals surface area contributed by atoms with Crippen molar-refractivity contribution in [1.82, 2.24) is 20.4 Å². The van der Waals surface area contributed by atoms with Crippen molar-refractivity contribution in [2.24, 2.45) is 0 Å². The van der Waals surface area contributed by atoms with E-state index in [1.165, 1.54) is 23.8 Å². The average Bonchev–Trinajstić information content (AvgIpc) is 3.11. The summed E-state index contributed by atoms with van der Waals surface area (Å²) >= 11 is 5.75. The van der Waals surface area contributed by atoms with Gasteiger partial charge in [-0.25, -0.2) is 4.39 Å². The average molecular weight is 375 g/mol. The molecule has 4 rings (SSSR count). The summed E-state index contributed by atoms with van der Waals surface area (Å²) < 4.78 is 24.0. The Morgan fingerprint density at radius 2 is 2.27 bits per heavy atom. The third-order valence-electron chi connectivity index (χ3n) is 4.28. The molecule has 1 N–H and O–H groups in total. The van der Waals surface area contributed by atoms with Gasteiger partial charge in [0.05, 0.1) is 5.02 Å². The topological polar surface area (TPSA) is 73.1 Å². The van der Waals surface area contributed by atoms with Crippen LogP contribution in [0, 0.1) is 12.7 Å². The summed E-state index contributed by atoms with van der Waals surface area (Å²) in [5.41, 5.74) is 4.14. The lowest BCUT2D eigenvalue weighted by Crippen LogP contribution is -2.24. The number of rotatable bonds is 4. The molecule has 2 aromatic heterocycles. The van der Waals surface area contributed by atoms with Gasteiger partial charge in [-0.3, -0.25) is 4.98 Å². The van der Waals surface area contributed by atoms with E-state index in [4.69, 9.17) is 20.9 Å². The summed E-state index contributed by atoms with van der Waals surface area (Å²) in [6.45, 7) is 3.69. The summed E-state index contributed by atoms with van der Waals surface area (Å²) in [6.07, 6.45) is 2.78. The van der Waals surface area contributed by atoms with Gasteiger partial charge in [0.15, 0.2) is 6.61 Å². The molecule has 1 aliphatic rings. The second-order valence-corrected chi connectivity index (χ2v) is 6.43. The van der Waals surface area contributed by atoms with Crippen LogP contribution in [0.1, 0.15) is 22.7 Å². The summed E-state index contributed by atoms with van der Waals surface area (Å²) in [4.78, 5) is 8.88. The molecule has 134 valence electrons. The largest absolute Gasteiger partial charge is 0.484 e. The Labute approximate surface area is 154 Å². The summed E-state index contributed by atoms with van der Waals surface area (Å²) in [5.74, 6) is 0.762. The molecule has 3 heterocycles. The Morgan fingerprint density at radius 1 is 1.38 bits per heavy atom. The van der Waals surface area contributed by atoms with Crippen LogP contribution >= 0.6 is 11.6 Å². The molecule has 0 unspecified atom stereocenters. The van der Waals surface area contributed by atoms with Gasteiger partial charge in [-0.05, 0) is 43.1 Å². The van der Waals surface area contributed by atoms with E-state index in [2.05, 4.69) is 20.4 Å². The number of aryl methyl sites for hydroxylation is 1. The first kappa shape index (κ1) is 16.9. The molecular weight excluding hydrogens is 359 g/mol. The molecule has 0 spiro atoms. The van der Waals surface area contributed by atoms with E-state index in [0.29, 0.717) is 17.5 Å². The second kappa shape index (κ2) is 7.01. The quantitative estimate of drug-likeness (QED) is 0.754. The van der Waals surface area contributed by atoms with Crippen molar-refractivity contribution in [2.75, 3.05) is 6.54 Å². The van der Waals surface area contributed by atoms with Crippen LogP contribution in [0.15, 0.2) is 28.9 Å². The van der Waals surface area contributed by atoms with Crippen LogP contribution in [-0.4, -0.2) is 21.7 Å². The normalized spacial score (nSPS) is 13.5. The molecule has 0 radical (unpaired) electrons. The summed E-state index contributed by atoms with van der Waals surface area (Å²) in [5, 5.41) is 7.42. The van der Waals surface area contributed by atoms with Crippen molar-refractivity contribution < 1.29 is 13.7 Å². The minimum atomic E-state index is -0.495. The maximum Gasteiger partial charge on any atom is 0.264 e. The Balaban J connectivity index is 1.56. The fourth-order valence-corrected chi connectivity index (χ4v) is 3.16. The SMILES string of the molecule is Cc1ncc2c(c1-c1noc(COc3ccc(F)c(Cl)c3)n1)CCNC2. The molecule has 26 heavy (non-hydrogen) atoms. The van der Waals surface area contributed by atoms with Crippen molar-refractivity contribution >= 4 is 11.6 Å². The zero-order valence-electron chi connectivity index (χ0n) is 14.1. The third-order valence-corrected chi connectivity index (χ3v) is 4.57. The molecule has 8 heteroatoms. The van der Waals surface area contributed by atoms with Crippen LogP contribution in [0.3, 0.4) is 0 Å². The van der Waals surface area contributed by atoms with E-state index >= 15 is 0 Å². The molecule has 0 saturated heterocycles. The first-order valence-electron chi connectivity index (χ1n) is 8.20. The van der Waals surface area contributed by atoms with Gasteiger partial charge in [0.1, 0.15) is 11.6 Å². The van der Waals surface area contributed by atoms with Gasteiger partial charge in [0.25, 0.3) is 5.89 Å². The number of aromatic nitrogens is 3. The van der Waals surface area contributed by atoms with E-state index < -0.39 is 5.82 Å². The number of pyridine rings is 1. The highest BCUT2D eigenvalue weighted by Crippen LogP contribution is 2.29. The van der Waals surface area contributed by atoms with Crippen LogP contribution in [0.25, 0.3) is 11.4 Å². The van der Waals surface area contributed by atoms with Gasteiger partial charge < -0.3 is 14.6 Å². The maximum atomic E-state index is 13.2. The van der Waals surface area contributed by atoms with Crippen molar-refractivity contribution in [3.63, 3.8) is 0 Å². The fourth-order valence-electron chi connectivity index (χ4n) is 2.99. The molecule has 0 aliphatic carbocycles. The van der Waals surface area contributed by atoms with Crippen molar-refractivity contribution in [1.29, 1.82) is 0 Å². The van der Waals surface area contributed by atoms with Crippen LogP contribution in [0.5, 0.6) is 5.75 Å². The van der Waals surface area contributed by atoms with E-state index in [1.807, 2.05) is 13.1 Å². The van der Waals surface area contributed by atoms with E-state index in [-0.39, 0.29) is 11.6 Å². The summed E-state index contributed by atoms with van der Waals surface area (Å²) in [6, 6.07) is 4.15. The lowest BCUT2D eigenvalue weighted by molar-refractivity contribution is 0.243. The number of nitrogens with one attached hydrogen (secondary N) is 1. The van der Waals surface area contributed by atoms with Crippen molar-refractivity contribution in [2.45, 2.75) is 26.5 Å². The van der Waals surface area contributed by atoms with E-state index in [1.54, 1.807) is 0 Å². The zero-order valence-corrected chi connectivity index (χ0v) is 14.8. The lowest BCUT2D eigenvalue weighted by atomic mass is 9.95. The van der Waals surface area contributed by atoms with Gasteiger partial charge in [0, 0.05) is 30.1 Å². The van der Waals surface area contributed by atoms with Crippen LogP contribution < -0.4 is 10.1 Å². The Kier molecular flexibility index (Phi) is 4.57. The smallest absolute Gasteiger partial charge is 0.264 e. The zero-order chi connectivity index (χ0) is 18.1. The predicted octanol–water partition coefficient (Wildman–Crippen LogP) is 3.46. The highest BCUT2D eigenvalue weighted by atomic mass is 35.5. The molecule has 0 fully saturated rings. The highest BCUT2D eigenvalue weighted by Gasteiger charge is 2.21. The highest BCUT2D eigenvalue weighted by molar-refractivity contribution is 6.30. The Morgan fingerprint density at radius 3 is 3.12 bits per heavy atom. The van der Waals surface area contributed by atoms with Gasteiger partial charge in [0.2, 0.25) is 5.82 Å². The minimum Gasteiger partial charge on any atom is -0.484 e. The van der Waals surface area contributed by atoms with Crippen LogP contribution in [0.2, 0.25) is 5.02 Å². The Bertz CT molecular complexity index is 960. The molecule has 0 saturated carbocycles. The van der Waals surface area contributed by atoms with Crippen molar-refractivity contribution in [3.05, 3.63) is 57.9 Å². The summed E-state index contributed by atoms with van der Waals surface area (Å²) in [7, 11) is 0. The number of fused-ring (bicyclic) bond motifs is 1. The molecule has 0 amide bonds. The molecular formula is C18H16ClFN4O2. The van der Waals surface area contributed by atoms with E-state index in [0.717, 1.165) is 36.3 Å². The molecule has 0 bridgehead atoms. The van der Waals surface area contributed by atoms with Crippen LogP contribution in [0.4, 0.5) is 4.39 Å². The molecule has 1 aromatic carbocycles. The van der Waals surface area contributed by atoms with Gasteiger partial charge in [-0.1, -0.05) is 16.8 Å². The first-order valence-corrected chi connectivity index (χ1v) is 8.58. The van der Waals surface area contributed by atoms with Crippen LogP contribution in [-0.2, 0) is 19.6 Å². The van der Waals surface area contributed by atoms with Crippen molar-refractivity contribution in [3.8, 4) is 17.1 Å². The lowest BCUT2D eigenvalue weighted by Gasteiger charge is -2.19. The number of nitrogens with zero attached hydrogens (tertiary/aromatic N) is 3. The number of benzene rings is 1. The second-order valence-electron chi connectivity index (χ2n) is 6.03. The van der Waals surface area contributed by atoms with Gasteiger partial charge in [-0.15, -0.1) is 0 Å². The maximum absolute atomic E-state index is 13.2. The minimum absolute atomic E-state index is 0.0000554. The molecule has 1 aliphatic heterocycles. The standard InChI is InChI=1S/C18H16ClFN4O2/c1-10-17(13-4-5-21-7-11(13)8-22-10)18-23-16(26-24-18)9-25-12-2-3-15(20)14(19)6-12/h2-3,6,8,21H,4-5,7,9H2,1H3. The fraction of sp³-hybridized carbons (Fsp3) is 0.278.